The second kappa shape index (κ2) is 8.93. The number of hydrogen-bond acceptors (Lipinski definition) is 2. The van der Waals surface area contributed by atoms with E-state index in [1.807, 2.05) is 0 Å². The third kappa shape index (κ3) is 5.39. The zero-order chi connectivity index (χ0) is 13.4. The molecule has 2 heteroatoms. The van der Waals surface area contributed by atoms with E-state index in [2.05, 4.69) is 46.4 Å². The van der Waals surface area contributed by atoms with Gasteiger partial charge in [0.1, 0.15) is 0 Å². The summed E-state index contributed by atoms with van der Waals surface area (Å²) in [5, 5.41) is 0. The van der Waals surface area contributed by atoms with Crippen molar-refractivity contribution in [1.29, 1.82) is 0 Å². The summed E-state index contributed by atoms with van der Waals surface area (Å²) in [5.41, 5.74) is 6.03. The van der Waals surface area contributed by atoms with Gasteiger partial charge in [-0.1, -0.05) is 48.0 Å². The van der Waals surface area contributed by atoms with Crippen molar-refractivity contribution in [2.75, 3.05) is 13.1 Å². The summed E-state index contributed by atoms with van der Waals surface area (Å²) < 4.78 is 0. The van der Waals surface area contributed by atoms with Crippen LogP contribution in [-0.2, 0) is 0 Å². The Balaban J connectivity index is 4.84. The molecule has 0 bridgehead atoms. The van der Waals surface area contributed by atoms with Gasteiger partial charge in [-0.05, 0) is 24.7 Å². The Hall–Kier alpha value is -0.0800. The maximum atomic E-state index is 6.03. The lowest BCUT2D eigenvalue weighted by molar-refractivity contribution is 0.0798. The van der Waals surface area contributed by atoms with Crippen molar-refractivity contribution in [2.45, 2.75) is 72.9 Å². The van der Waals surface area contributed by atoms with E-state index in [4.69, 9.17) is 5.73 Å². The zero-order valence-electron chi connectivity index (χ0n) is 12.9. The van der Waals surface area contributed by atoms with Gasteiger partial charge in [0.05, 0.1) is 0 Å². The van der Waals surface area contributed by atoms with Crippen molar-refractivity contribution in [3.05, 3.63) is 0 Å². The fraction of sp³-hybridized carbons (Fsp3) is 1.00. The van der Waals surface area contributed by atoms with Crippen LogP contribution in [0, 0.1) is 11.8 Å². The Kier molecular flexibility index (Phi) is 8.89. The molecule has 0 saturated heterocycles. The molecule has 2 atom stereocenters. The van der Waals surface area contributed by atoms with Crippen LogP contribution in [0.1, 0.15) is 60.8 Å². The average Bonchev–Trinajstić information content (AvgIpc) is 2.30. The highest BCUT2D eigenvalue weighted by Crippen LogP contribution is 2.21. The van der Waals surface area contributed by atoms with Crippen molar-refractivity contribution in [3.63, 3.8) is 0 Å². The highest BCUT2D eigenvalue weighted by Gasteiger charge is 2.27. The van der Waals surface area contributed by atoms with Gasteiger partial charge in [-0.25, -0.2) is 0 Å². The third-order valence-electron chi connectivity index (χ3n) is 3.96. The smallest absolute Gasteiger partial charge is 0.0246 e. The van der Waals surface area contributed by atoms with Crippen LogP contribution in [0.3, 0.4) is 0 Å². The van der Waals surface area contributed by atoms with E-state index < -0.39 is 0 Å². The topological polar surface area (TPSA) is 29.3 Å². The van der Waals surface area contributed by atoms with Gasteiger partial charge in [-0.2, -0.15) is 0 Å². The predicted octanol–water partition coefficient (Wildman–Crippen LogP) is 3.51. The molecule has 0 aromatic heterocycles. The Morgan fingerprint density at radius 3 is 1.76 bits per heavy atom. The van der Waals surface area contributed by atoms with Crippen molar-refractivity contribution >= 4 is 0 Å². The van der Waals surface area contributed by atoms with Crippen LogP contribution in [0.4, 0.5) is 0 Å². The molecule has 0 aliphatic heterocycles. The van der Waals surface area contributed by atoms with Crippen LogP contribution in [0.2, 0.25) is 0 Å². The molecule has 0 fully saturated rings. The minimum absolute atomic E-state index is 0.548. The summed E-state index contributed by atoms with van der Waals surface area (Å²) in [4.78, 5) is 2.68. The average molecular weight is 242 g/mol. The first-order chi connectivity index (χ1) is 8.01. The van der Waals surface area contributed by atoms with Gasteiger partial charge in [0.2, 0.25) is 0 Å². The van der Waals surface area contributed by atoms with Gasteiger partial charge >= 0.3 is 0 Å². The lowest BCUT2D eigenvalue weighted by Gasteiger charge is -2.41. The van der Waals surface area contributed by atoms with Gasteiger partial charge in [-0.15, -0.1) is 0 Å². The van der Waals surface area contributed by atoms with Gasteiger partial charge in [0, 0.05) is 25.2 Å². The summed E-state index contributed by atoms with van der Waals surface area (Å²) in [6.07, 6.45) is 3.68. The van der Waals surface area contributed by atoms with Gasteiger partial charge in [0.25, 0.3) is 0 Å². The Labute approximate surface area is 109 Å². The molecule has 0 aliphatic rings. The van der Waals surface area contributed by atoms with Crippen LogP contribution in [-0.4, -0.2) is 30.1 Å². The molecule has 0 aromatic carbocycles. The lowest BCUT2D eigenvalue weighted by Crippen LogP contribution is -2.51. The highest BCUT2D eigenvalue weighted by atomic mass is 15.2. The molecule has 0 amide bonds. The molecule has 0 saturated carbocycles. The third-order valence-corrected chi connectivity index (χ3v) is 3.96. The van der Waals surface area contributed by atoms with Crippen molar-refractivity contribution in [1.82, 2.24) is 4.90 Å². The number of nitrogens with two attached hydrogens (primary N) is 1. The van der Waals surface area contributed by atoms with Gasteiger partial charge in [0.15, 0.2) is 0 Å². The first-order valence-electron chi connectivity index (χ1n) is 7.47. The molecule has 0 aromatic rings. The highest BCUT2D eigenvalue weighted by molar-refractivity contribution is 4.82. The zero-order valence-corrected chi connectivity index (χ0v) is 12.9. The quantitative estimate of drug-likeness (QED) is 0.670. The molecule has 0 spiro atoms. The lowest BCUT2D eigenvalue weighted by atomic mass is 9.94. The van der Waals surface area contributed by atoms with Crippen molar-refractivity contribution in [3.8, 4) is 0 Å². The van der Waals surface area contributed by atoms with Gasteiger partial charge in [-0.3, -0.25) is 4.90 Å². The van der Waals surface area contributed by atoms with E-state index in [0.717, 1.165) is 6.54 Å². The fourth-order valence-electron chi connectivity index (χ4n) is 2.70. The van der Waals surface area contributed by atoms with E-state index in [-0.39, 0.29) is 0 Å². The van der Waals surface area contributed by atoms with Crippen LogP contribution < -0.4 is 5.73 Å². The number of rotatable bonds is 9. The Morgan fingerprint density at radius 1 is 0.941 bits per heavy atom. The van der Waals surface area contributed by atoms with E-state index in [0.29, 0.717) is 23.9 Å². The van der Waals surface area contributed by atoms with E-state index in [1.165, 1.54) is 25.8 Å². The fourth-order valence-corrected chi connectivity index (χ4v) is 2.70. The second-order valence-corrected chi connectivity index (χ2v) is 5.75. The molecule has 0 radical (unpaired) electrons. The van der Waals surface area contributed by atoms with E-state index in [9.17, 15) is 0 Å². The standard InChI is InChI=1S/C15H34N2/c1-7-13(6)15(10-16)17(11-12(4)5)14(8-2)9-3/h12-15H,7-11,16H2,1-6H3. The van der Waals surface area contributed by atoms with Crippen molar-refractivity contribution < 1.29 is 0 Å². The summed E-state index contributed by atoms with van der Waals surface area (Å²) in [7, 11) is 0. The summed E-state index contributed by atoms with van der Waals surface area (Å²) in [6.45, 7) is 15.8. The summed E-state index contributed by atoms with van der Waals surface area (Å²) >= 11 is 0. The number of nitrogens with zero attached hydrogens (tertiary/aromatic N) is 1. The van der Waals surface area contributed by atoms with Crippen LogP contribution in [0.25, 0.3) is 0 Å². The van der Waals surface area contributed by atoms with Gasteiger partial charge < -0.3 is 5.73 Å². The molecule has 0 heterocycles. The maximum Gasteiger partial charge on any atom is 0.0246 e. The molecule has 0 aliphatic carbocycles. The van der Waals surface area contributed by atoms with Crippen molar-refractivity contribution in [2.24, 2.45) is 17.6 Å². The van der Waals surface area contributed by atoms with E-state index in [1.54, 1.807) is 0 Å². The van der Waals surface area contributed by atoms with E-state index >= 15 is 0 Å². The monoisotopic (exact) mass is 242 g/mol. The summed E-state index contributed by atoms with van der Waals surface area (Å²) in [6, 6.07) is 1.24. The van der Waals surface area contributed by atoms with Crippen LogP contribution >= 0.6 is 0 Å². The molecule has 17 heavy (non-hydrogen) atoms. The largest absolute Gasteiger partial charge is 0.329 e. The van der Waals surface area contributed by atoms with Crippen LogP contribution in [0.5, 0.6) is 0 Å². The predicted molar refractivity (Wildman–Crippen MR) is 78.2 cm³/mol. The summed E-state index contributed by atoms with van der Waals surface area (Å²) in [5.74, 6) is 1.41. The first-order valence-corrected chi connectivity index (χ1v) is 7.47. The SMILES string of the molecule is CCC(C)C(CN)N(CC(C)C)C(CC)CC. The first kappa shape index (κ1) is 16.9. The van der Waals surface area contributed by atoms with Crippen LogP contribution in [0.15, 0.2) is 0 Å². The molecular formula is C15H34N2. The molecule has 0 rings (SSSR count). The molecule has 2 nitrogen and oxygen atoms in total. The number of hydrogen-bond donors (Lipinski definition) is 1. The minimum Gasteiger partial charge on any atom is -0.329 e. The Morgan fingerprint density at radius 2 is 1.47 bits per heavy atom. The molecule has 2 unspecified atom stereocenters. The molecular weight excluding hydrogens is 208 g/mol. The Bertz CT molecular complexity index is 176. The molecule has 2 N–H and O–H groups in total. The second-order valence-electron chi connectivity index (χ2n) is 5.75. The molecule has 104 valence electrons. The maximum absolute atomic E-state index is 6.03. The minimum atomic E-state index is 0.548. The normalized spacial score (nSPS) is 15.9.